The Morgan fingerprint density at radius 1 is 0.971 bits per heavy atom. The number of hydrogen-bond donors (Lipinski definition) is 1. The molecule has 2 heterocycles. The Hall–Kier alpha value is -4.01. The molecule has 2 aliphatic heterocycles. The van der Waals surface area contributed by atoms with Crippen molar-refractivity contribution in [1.29, 1.82) is 0 Å². The number of amides is 4. The van der Waals surface area contributed by atoms with E-state index in [2.05, 4.69) is 10.2 Å². The molecular formula is C25H27N3O6. The van der Waals surface area contributed by atoms with Crippen LogP contribution < -0.4 is 29.3 Å². The van der Waals surface area contributed by atoms with Crippen molar-refractivity contribution < 1.29 is 28.6 Å². The minimum absolute atomic E-state index is 0.192. The van der Waals surface area contributed by atoms with E-state index in [1.54, 1.807) is 37.4 Å². The number of ether oxygens (including phenoxy) is 3. The number of anilines is 2. The molecule has 4 amide bonds. The molecule has 178 valence electrons. The Kier molecular flexibility index (Phi) is 6.72. The quantitative estimate of drug-likeness (QED) is 0.495. The molecule has 0 atom stereocenters. The monoisotopic (exact) mass is 465 g/mol. The molecule has 2 aromatic rings. The maximum Gasteiger partial charge on any atom is 0.335 e. The number of nitrogens with one attached hydrogen (secondary N) is 1. The first kappa shape index (κ1) is 23.2. The summed E-state index contributed by atoms with van der Waals surface area (Å²) in [4.78, 5) is 41.5. The lowest BCUT2D eigenvalue weighted by Gasteiger charge is -2.27. The number of benzene rings is 2. The van der Waals surface area contributed by atoms with Crippen molar-refractivity contribution in [2.45, 2.75) is 19.8 Å². The first-order chi connectivity index (χ1) is 16.5. The predicted octanol–water partition coefficient (Wildman–Crippen LogP) is 3.37. The fraction of sp³-hybridized carbons (Fsp3) is 0.320. The highest BCUT2D eigenvalue weighted by atomic mass is 16.5. The van der Waals surface area contributed by atoms with Crippen molar-refractivity contribution in [3.8, 4) is 17.2 Å². The molecule has 0 aliphatic carbocycles. The van der Waals surface area contributed by atoms with Gasteiger partial charge in [0.15, 0.2) is 0 Å². The topological polar surface area (TPSA) is 97.4 Å². The molecule has 2 fully saturated rings. The van der Waals surface area contributed by atoms with E-state index in [-0.39, 0.29) is 5.57 Å². The van der Waals surface area contributed by atoms with Gasteiger partial charge in [0, 0.05) is 24.7 Å². The van der Waals surface area contributed by atoms with Crippen LogP contribution in [0.2, 0.25) is 0 Å². The average Bonchev–Trinajstić information content (AvgIpc) is 3.37. The predicted molar refractivity (Wildman–Crippen MR) is 128 cm³/mol. The number of urea groups is 1. The van der Waals surface area contributed by atoms with Gasteiger partial charge in [-0.05, 0) is 56.2 Å². The first-order valence-corrected chi connectivity index (χ1v) is 11.1. The van der Waals surface area contributed by atoms with Crippen molar-refractivity contribution in [2.75, 3.05) is 43.7 Å². The number of rotatable bonds is 7. The molecule has 2 saturated heterocycles. The number of barbiturate groups is 1. The number of carbonyl (C=O) groups excluding carboxylic acids is 3. The number of methoxy groups -OCH3 is 2. The Labute approximate surface area is 197 Å². The van der Waals surface area contributed by atoms with Crippen molar-refractivity contribution in [3.63, 3.8) is 0 Å². The van der Waals surface area contributed by atoms with Crippen LogP contribution in [0.4, 0.5) is 16.2 Å². The molecule has 1 N–H and O–H groups in total. The van der Waals surface area contributed by atoms with E-state index in [1.165, 1.54) is 13.2 Å². The summed E-state index contributed by atoms with van der Waals surface area (Å²) in [7, 11) is 3.10. The molecule has 0 saturated carbocycles. The Bertz CT molecular complexity index is 1140. The van der Waals surface area contributed by atoms with Gasteiger partial charge >= 0.3 is 6.03 Å². The fourth-order valence-corrected chi connectivity index (χ4v) is 4.13. The minimum atomic E-state index is -0.815. The van der Waals surface area contributed by atoms with Crippen LogP contribution in [0, 0.1) is 0 Å². The van der Waals surface area contributed by atoms with Crippen LogP contribution in [0.3, 0.4) is 0 Å². The van der Waals surface area contributed by atoms with Gasteiger partial charge in [-0.1, -0.05) is 0 Å². The molecule has 34 heavy (non-hydrogen) atoms. The zero-order valence-corrected chi connectivity index (χ0v) is 19.4. The van der Waals surface area contributed by atoms with Gasteiger partial charge in [0.1, 0.15) is 22.8 Å². The van der Waals surface area contributed by atoms with Gasteiger partial charge in [0.2, 0.25) is 0 Å². The van der Waals surface area contributed by atoms with Crippen LogP contribution in [0.15, 0.2) is 42.0 Å². The molecule has 9 heteroatoms. The summed E-state index contributed by atoms with van der Waals surface area (Å²) in [6.07, 6.45) is 3.61. The summed E-state index contributed by atoms with van der Waals surface area (Å²) in [6, 6.07) is 9.25. The van der Waals surface area contributed by atoms with Gasteiger partial charge in [0.05, 0.1) is 32.2 Å². The Morgan fingerprint density at radius 2 is 1.65 bits per heavy atom. The lowest BCUT2D eigenvalue weighted by molar-refractivity contribution is -0.122. The van der Waals surface area contributed by atoms with E-state index in [1.807, 2.05) is 13.0 Å². The Balaban J connectivity index is 1.71. The van der Waals surface area contributed by atoms with Crippen molar-refractivity contribution in [2.24, 2.45) is 0 Å². The van der Waals surface area contributed by atoms with Crippen LogP contribution >= 0.6 is 0 Å². The van der Waals surface area contributed by atoms with Gasteiger partial charge in [-0.25, -0.2) is 9.69 Å². The van der Waals surface area contributed by atoms with E-state index in [0.717, 1.165) is 36.5 Å². The van der Waals surface area contributed by atoms with E-state index >= 15 is 0 Å². The van der Waals surface area contributed by atoms with Crippen LogP contribution in [0.5, 0.6) is 17.2 Å². The van der Waals surface area contributed by atoms with Crippen LogP contribution in [0.25, 0.3) is 6.08 Å². The summed E-state index contributed by atoms with van der Waals surface area (Å²) < 4.78 is 16.6. The second-order valence-electron chi connectivity index (χ2n) is 7.84. The third kappa shape index (κ3) is 4.41. The normalized spacial score (nSPS) is 17.3. The second kappa shape index (κ2) is 9.86. The number of hydrogen-bond acceptors (Lipinski definition) is 7. The van der Waals surface area contributed by atoms with Gasteiger partial charge in [-0.15, -0.1) is 0 Å². The third-order valence-electron chi connectivity index (χ3n) is 5.79. The van der Waals surface area contributed by atoms with Gasteiger partial charge in [-0.3, -0.25) is 14.9 Å². The maximum atomic E-state index is 13.3. The van der Waals surface area contributed by atoms with Crippen LogP contribution in [-0.4, -0.2) is 51.8 Å². The minimum Gasteiger partial charge on any atom is -0.496 e. The maximum absolute atomic E-state index is 13.3. The summed E-state index contributed by atoms with van der Waals surface area (Å²) >= 11 is 0. The smallest absolute Gasteiger partial charge is 0.335 e. The Morgan fingerprint density at radius 3 is 2.26 bits per heavy atom. The molecule has 2 aliphatic rings. The van der Waals surface area contributed by atoms with Crippen LogP contribution in [-0.2, 0) is 9.59 Å². The number of nitrogens with zero attached hydrogens (tertiary/aromatic N) is 2. The molecule has 0 aromatic heterocycles. The van der Waals surface area contributed by atoms with Gasteiger partial charge < -0.3 is 19.1 Å². The second-order valence-corrected chi connectivity index (χ2v) is 7.84. The van der Waals surface area contributed by atoms with Crippen LogP contribution in [0.1, 0.15) is 25.3 Å². The first-order valence-electron chi connectivity index (χ1n) is 11.1. The van der Waals surface area contributed by atoms with Crippen molar-refractivity contribution in [1.82, 2.24) is 5.32 Å². The summed E-state index contributed by atoms with van der Waals surface area (Å²) in [5, 5.41) is 2.24. The molecule has 4 rings (SSSR count). The van der Waals surface area contributed by atoms with Crippen molar-refractivity contribution in [3.05, 3.63) is 47.5 Å². The molecule has 0 spiro atoms. The molecule has 2 aromatic carbocycles. The van der Waals surface area contributed by atoms with E-state index in [9.17, 15) is 14.4 Å². The van der Waals surface area contributed by atoms with E-state index < -0.39 is 17.8 Å². The molecule has 9 nitrogen and oxygen atoms in total. The van der Waals surface area contributed by atoms with E-state index in [4.69, 9.17) is 14.2 Å². The SMILES string of the molecule is CCOc1ccc(N2C(=O)NC(=O)/C(=C\c3cc(OC)c(N4CCCC4)cc3OC)C2=O)cc1. The summed E-state index contributed by atoms with van der Waals surface area (Å²) in [5.41, 5.74) is 1.51. The largest absolute Gasteiger partial charge is 0.496 e. The summed E-state index contributed by atoms with van der Waals surface area (Å²) in [6.45, 7) is 4.19. The molecule has 0 radical (unpaired) electrons. The lowest BCUT2D eigenvalue weighted by Crippen LogP contribution is -2.54. The molecule has 0 unspecified atom stereocenters. The van der Waals surface area contributed by atoms with Crippen molar-refractivity contribution >= 4 is 35.3 Å². The standard InChI is InChI=1S/C25H27N3O6/c1-4-34-18-9-7-17(8-10-18)28-24(30)19(23(29)26-25(28)31)13-16-14-22(33-3)20(15-21(16)32-2)27-11-5-6-12-27/h7-10,13-15H,4-6,11-12H2,1-3H3,(H,26,29,31)/b19-13+. The number of carbonyl (C=O) groups is 3. The average molecular weight is 466 g/mol. The number of imide groups is 2. The highest BCUT2D eigenvalue weighted by molar-refractivity contribution is 6.39. The highest BCUT2D eigenvalue weighted by Crippen LogP contribution is 2.38. The fourth-order valence-electron chi connectivity index (χ4n) is 4.13. The highest BCUT2D eigenvalue weighted by Gasteiger charge is 2.37. The van der Waals surface area contributed by atoms with Gasteiger partial charge in [0.25, 0.3) is 11.8 Å². The molecule has 0 bridgehead atoms. The summed E-state index contributed by atoms with van der Waals surface area (Å²) in [5.74, 6) is 0.195. The zero-order chi connectivity index (χ0) is 24.2. The van der Waals surface area contributed by atoms with Gasteiger partial charge in [-0.2, -0.15) is 0 Å². The molecular weight excluding hydrogens is 438 g/mol. The third-order valence-corrected chi connectivity index (χ3v) is 5.79. The van der Waals surface area contributed by atoms with E-state index in [0.29, 0.717) is 35.1 Å². The zero-order valence-electron chi connectivity index (χ0n) is 19.4. The lowest BCUT2D eigenvalue weighted by atomic mass is 10.0.